The van der Waals surface area contributed by atoms with Crippen molar-refractivity contribution in [3.05, 3.63) is 59.8 Å². The molecule has 0 bridgehead atoms. The Bertz CT molecular complexity index is 799. The summed E-state index contributed by atoms with van der Waals surface area (Å²) in [5.74, 6) is -6.75. The number of rotatable bonds is 2. The molecule has 0 amide bonds. The number of hydrogen-bond donors (Lipinski definition) is 0. The summed E-state index contributed by atoms with van der Waals surface area (Å²) in [5, 5.41) is 7.42. The molecule has 2 aromatic heterocycles. The van der Waals surface area contributed by atoms with Gasteiger partial charge in [-0.05, 0) is 24.3 Å². The molecule has 0 fully saturated rings. The minimum absolute atomic E-state index is 0.106. The Morgan fingerprint density at radius 2 is 1.67 bits per heavy atom. The van der Waals surface area contributed by atoms with Gasteiger partial charge in [-0.15, -0.1) is 5.69 Å². The van der Waals surface area contributed by atoms with Gasteiger partial charge in [0.05, 0.1) is 11.4 Å². The summed E-state index contributed by atoms with van der Waals surface area (Å²) in [6.45, 7) is 0. The van der Waals surface area contributed by atoms with Crippen LogP contribution < -0.4 is 5.10 Å². The van der Waals surface area contributed by atoms with Crippen LogP contribution in [0.2, 0.25) is 0 Å². The zero-order valence-electron chi connectivity index (χ0n) is 10.3. The topological polar surface area (TPSA) is 39.9 Å². The number of hydrogen-bond acceptors (Lipinski definition) is 2. The highest BCUT2D eigenvalue weighted by molar-refractivity contribution is 5.66. The van der Waals surface area contributed by atoms with E-state index in [-0.39, 0.29) is 5.69 Å². The van der Waals surface area contributed by atoms with Crippen LogP contribution in [0.5, 0.6) is 0 Å². The van der Waals surface area contributed by atoms with E-state index in [9.17, 15) is 17.6 Å². The van der Waals surface area contributed by atoms with Crippen molar-refractivity contribution >= 4 is 0 Å². The molecule has 0 spiro atoms. The maximum atomic E-state index is 13.7. The molecule has 3 rings (SSSR count). The van der Waals surface area contributed by atoms with Crippen molar-refractivity contribution in [1.82, 2.24) is 15.2 Å². The molecule has 0 unspecified atom stereocenters. The number of nitrogens with zero attached hydrogens (tertiary/aromatic N) is 3. The third-order valence-corrected chi connectivity index (χ3v) is 2.84. The average molecular weight is 292 g/mol. The Morgan fingerprint density at radius 1 is 0.857 bits per heavy atom. The fraction of sp³-hybridized carbons (Fsp3) is 0. The molecule has 0 atom stereocenters. The summed E-state index contributed by atoms with van der Waals surface area (Å²) in [5.41, 5.74) is 0.182. The Balaban J connectivity index is 2.09. The van der Waals surface area contributed by atoms with Gasteiger partial charge in [0.2, 0.25) is 0 Å². The number of benzene rings is 1. The van der Waals surface area contributed by atoms with E-state index in [1.165, 1.54) is 12.3 Å². The van der Waals surface area contributed by atoms with Gasteiger partial charge in [-0.2, -0.15) is 0 Å². The van der Waals surface area contributed by atoms with Gasteiger partial charge >= 0.3 is 0 Å². The molecule has 0 saturated heterocycles. The Kier molecular flexibility index (Phi) is 3.17. The smallest absolute Gasteiger partial charge is 0.198 e. The summed E-state index contributed by atoms with van der Waals surface area (Å²) in [7, 11) is 0. The predicted molar refractivity (Wildman–Crippen MR) is 66.1 cm³/mol. The van der Waals surface area contributed by atoms with Gasteiger partial charge in [0.15, 0.2) is 23.3 Å². The second-order valence-corrected chi connectivity index (χ2v) is 4.18. The van der Waals surface area contributed by atoms with E-state index < -0.39 is 28.8 Å². The summed E-state index contributed by atoms with van der Waals surface area (Å²) in [6.07, 6.45) is 1.53. The van der Waals surface area contributed by atoms with Crippen LogP contribution in [-0.2, 0) is 0 Å². The van der Waals surface area contributed by atoms with Crippen LogP contribution in [0.4, 0.5) is 17.6 Å². The second kappa shape index (κ2) is 5.01. The van der Waals surface area contributed by atoms with Gasteiger partial charge in [0.1, 0.15) is 0 Å². The van der Waals surface area contributed by atoms with E-state index in [1.807, 2.05) is 0 Å². The van der Waals surface area contributed by atoms with Gasteiger partial charge in [0, 0.05) is 11.8 Å². The van der Waals surface area contributed by atoms with Crippen LogP contribution >= 0.6 is 0 Å². The molecule has 3 nitrogen and oxygen atoms in total. The first-order valence-corrected chi connectivity index (χ1v) is 5.83. The normalized spacial score (nSPS) is 10.9. The molecule has 106 valence electrons. The van der Waals surface area contributed by atoms with Gasteiger partial charge in [-0.1, -0.05) is 6.07 Å². The third-order valence-electron chi connectivity index (χ3n) is 2.84. The second-order valence-electron chi connectivity index (χ2n) is 4.18. The van der Waals surface area contributed by atoms with Crippen LogP contribution in [0.3, 0.4) is 0 Å². The van der Waals surface area contributed by atoms with Crippen LogP contribution in [0, 0.1) is 23.3 Å². The Morgan fingerprint density at radius 3 is 2.38 bits per heavy atom. The monoisotopic (exact) mass is 292 g/mol. The van der Waals surface area contributed by atoms with Crippen LogP contribution in [0.1, 0.15) is 0 Å². The molecule has 0 radical (unpaired) electrons. The number of halogens is 4. The van der Waals surface area contributed by atoms with Crippen molar-refractivity contribution in [2.45, 2.75) is 0 Å². The van der Waals surface area contributed by atoms with E-state index in [1.54, 1.807) is 18.2 Å². The predicted octanol–water partition coefficient (Wildman–Crippen LogP) is 3.32. The lowest BCUT2D eigenvalue weighted by atomic mass is 10.1. The molecule has 1 aromatic carbocycles. The fourth-order valence-electron chi connectivity index (χ4n) is 1.83. The molecule has 0 saturated carbocycles. The first-order valence-electron chi connectivity index (χ1n) is 5.83. The lowest BCUT2D eigenvalue weighted by Crippen LogP contribution is -1.99. The molecule has 7 heteroatoms. The maximum absolute atomic E-state index is 13.7. The van der Waals surface area contributed by atoms with Crippen molar-refractivity contribution < 1.29 is 17.6 Å². The summed E-state index contributed by atoms with van der Waals surface area (Å²) in [4.78, 5) is 4.02. The highest BCUT2D eigenvalue weighted by Gasteiger charge is 2.18. The molecule has 0 aliphatic rings. The first-order chi connectivity index (χ1) is 10.1. The maximum Gasteiger partial charge on any atom is 0.198 e. The van der Waals surface area contributed by atoms with E-state index in [0.29, 0.717) is 17.5 Å². The molecular weight excluding hydrogens is 286 g/mol. The minimum Gasteiger partial charge on any atom is -0.574 e. The third kappa shape index (κ3) is 2.26. The first kappa shape index (κ1) is 13.3. The Labute approximate surface area is 116 Å². The quantitative estimate of drug-likeness (QED) is 0.413. The number of aromatic nitrogens is 3. The molecule has 0 N–H and O–H groups in total. The highest BCUT2D eigenvalue weighted by Crippen LogP contribution is 2.28. The van der Waals surface area contributed by atoms with Gasteiger partial charge < -0.3 is 10.2 Å². The van der Waals surface area contributed by atoms with E-state index in [0.717, 1.165) is 0 Å². The summed E-state index contributed by atoms with van der Waals surface area (Å²) >= 11 is 0. The van der Waals surface area contributed by atoms with Gasteiger partial charge in [0.25, 0.3) is 0 Å². The standard InChI is InChI=1S/C14H6F4N3/c15-8-5-7(12(16)14(18)13(8)17)10-6-11(21-20-10)9-3-1-2-4-19-9/h1-6H/q-1. The van der Waals surface area contributed by atoms with Gasteiger partial charge in [-0.3, -0.25) is 4.98 Å². The van der Waals surface area contributed by atoms with Crippen molar-refractivity contribution in [2.24, 2.45) is 0 Å². The van der Waals surface area contributed by atoms with Gasteiger partial charge in [-0.25, -0.2) is 17.6 Å². The Hall–Kier alpha value is -2.70. The molecule has 2 heterocycles. The van der Waals surface area contributed by atoms with Crippen LogP contribution in [0.25, 0.3) is 22.6 Å². The summed E-state index contributed by atoms with van der Waals surface area (Å²) < 4.78 is 53.0. The average Bonchev–Trinajstić information content (AvgIpc) is 2.99. The van der Waals surface area contributed by atoms with Crippen LogP contribution in [-0.4, -0.2) is 10.1 Å². The van der Waals surface area contributed by atoms with Crippen molar-refractivity contribution in [1.29, 1.82) is 0 Å². The largest absolute Gasteiger partial charge is 0.574 e. The van der Waals surface area contributed by atoms with Crippen molar-refractivity contribution in [3.8, 4) is 22.6 Å². The minimum atomic E-state index is -1.88. The van der Waals surface area contributed by atoms with Crippen molar-refractivity contribution in [2.75, 3.05) is 0 Å². The zero-order valence-corrected chi connectivity index (χ0v) is 10.3. The SMILES string of the molecule is Fc1cc(-c2cc(-c3ccccn3)n[n-]2)c(F)c(F)c1F. The van der Waals surface area contributed by atoms with E-state index in [4.69, 9.17) is 0 Å². The highest BCUT2D eigenvalue weighted by atomic mass is 19.2. The van der Waals surface area contributed by atoms with Crippen molar-refractivity contribution in [3.63, 3.8) is 0 Å². The number of pyridine rings is 1. The molecule has 3 aromatic rings. The molecular formula is C14H6F4N3-. The lowest BCUT2D eigenvalue weighted by Gasteiger charge is -2.08. The molecule has 0 aliphatic heterocycles. The van der Waals surface area contributed by atoms with Crippen LogP contribution in [0.15, 0.2) is 36.5 Å². The lowest BCUT2D eigenvalue weighted by molar-refractivity contribution is 0.410. The molecule has 21 heavy (non-hydrogen) atoms. The van der Waals surface area contributed by atoms with E-state index in [2.05, 4.69) is 15.2 Å². The molecule has 0 aliphatic carbocycles. The fourth-order valence-corrected chi connectivity index (χ4v) is 1.83. The summed E-state index contributed by atoms with van der Waals surface area (Å²) in [6, 6.07) is 6.92. The zero-order chi connectivity index (χ0) is 15.0. The van der Waals surface area contributed by atoms with E-state index >= 15 is 0 Å².